The van der Waals surface area contributed by atoms with Gasteiger partial charge in [-0.2, -0.15) is 0 Å². The molecule has 1 saturated heterocycles. The fourth-order valence-electron chi connectivity index (χ4n) is 3.73. The summed E-state index contributed by atoms with van der Waals surface area (Å²) in [7, 11) is 0. The molecule has 2 aliphatic heterocycles. The SMILES string of the molecule is CCC1CSC2=NC(c3ccccn3)C(c3ccc(OC(C)C)cc3)N21. The van der Waals surface area contributed by atoms with E-state index >= 15 is 0 Å². The summed E-state index contributed by atoms with van der Waals surface area (Å²) in [6, 6.07) is 15.4. The summed E-state index contributed by atoms with van der Waals surface area (Å²) < 4.78 is 5.81. The molecule has 3 heterocycles. The highest BCUT2D eigenvalue weighted by molar-refractivity contribution is 8.14. The lowest BCUT2D eigenvalue weighted by molar-refractivity contribution is 0.241. The molecular formula is C21H25N3OS. The Morgan fingerprint density at radius 1 is 1.19 bits per heavy atom. The van der Waals surface area contributed by atoms with Gasteiger partial charge in [-0.3, -0.25) is 9.98 Å². The van der Waals surface area contributed by atoms with Gasteiger partial charge in [-0.15, -0.1) is 0 Å². The summed E-state index contributed by atoms with van der Waals surface area (Å²) in [4.78, 5) is 12.2. The zero-order valence-electron chi connectivity index (χ0n) is 15.5. The number of rotatable bonds is 5. The van der Waals surface area contributed by atoms with Crippen molar-refractivity contribution in [1.82, 2.24) is 9.88 Å². The molecule has 0 spiro atoms. The molecule has 0 amide bonds. The Bertz CT molecular complexity index is 776. The lowest BCUT2D eigenvalue weighted by Gasteiger charge is -2.32. The van der Waals surface area contributed by atoms with Crippen molar-refractivity contribution in [1.29, 1.82) is 0 Å². The minimum atomic E-state index is 0.0462. The van der Waals surface area contributed by atoms with Gasteiger partial charge in [0.2, 0.25) is 0 Å². The molecule has 1 aromatic carbocycles. The summed E-state index contributed by atoms with van der Waals surface area (Å²) in [5.74, 6) is 2.04. The maximum atomic E-state index is 5.81. The number of ether oxygens (including phenoxy) is 1. The number of aromatic nitrogens is 1. The molecular weight excluding hydrogens is 342 g/mol. The average Bonchev–Trinajstić information content (AvgIpc) is 3.21. The minimum absolute atomic E-state index is 0.0462. The second-order valence-corrected chi connectivity index (χ2v) is 8.06. The molecule has 0 bridgehead atoms. The van der Waals surface area contributed by atoms with E-state index in [0.717, 1.165) is 23.6 Å². The zero-order valence-corrected chi connectivity index (χ0v) is 16.3. The van der Waals surface area contributed by atoms with Crippen LogP contribution in [0.5, 0.6) is 5.75 Å². The molecule has 2 aromatic rings. The lowest BCUT2D eigenvalue weighted by atomic mass is 9.95. The molecule has 136 valence electrons. The van der Waals surface area contributed by atoms with Crippen LogP contribution in [0.15, 0.2) is 53.7 Å². The van der Waals surface area contributed by atoms with E-state index in [4.69, 9.17) is 9.73 Å². The summed E-state index contributed by atoms with van der Waals surface area (Å²) >= 11 is 1.88. The molecule has 2 aliphatic rings. The minimum Gasteiger partial charge on any atom is -0.491 e. The summed E-state index contributed by atoms with van der Waals surface area (Å²) in [5, 5.41) is 1.17. The lowest BCUT2D eigenvalue weighted by Crippen LogP contribution is -2.35. The summed E-state index contributed by atoms with van der Waals surface area (Å²) in [6.45, 7) is 6.36. The largest absolute Gasteiger partial charge is 0.491 e. The van der Waals surface area contributed by atoms with E-state index in [1.165, 1.54) is 10.7 Å². The van der Waals surface area contributed by atoms with Gasteiger partial charge in [-0.05, 0) is 50.1 Å². The fraction of sp³-hybridized carbons (Fsp3) is 0.429. The Balaban J connectivity index is 1.70. The smallest absolute Gasteiger partial charge is 0.160 e. The first-order chi connectivity index (χ1) is 12.7. The molecule has 1 aromatic heterocycles. The van der Waals surface area contributed by atoms with E-state index < -0.39 is 0 Å². The van der Waals surface area contributed by atoms with Gasteiger partial charge >= 0.3 is 0 Å². The Morgan fingerprint density at radius 2 is 2.00 bits per heavy atom. The monoisotopic (exact) mass is 367 g/mol. The van der Waals surface area contributed by atoms with Crippen LogP contribution < -0.4 is 4.74 Å². The number of thioether (sulfide) groups is 1. The van der Waals surface area contributed by atoms with E-state index in [2.05, 4.69) is 61.0 Å². The second kappa shape index (κ2) is 7.31. The van der Waals surface area contributed by atoms with E-state index in [0.29, 0.717) is 6.04 Å². The fourth-order valence-corrected chi connectivity index (χ4v) is 5.06. The molecule has 0 aliphatic carbocycles. The first-order valence-electron chi connectivity index (χ1n) is 9.34. The van der Waals surface area contributed by atoms with Crippen LogP contribution >= 0.6 is 11.8 Å². The van der Waals surface area contributed by atoms with Crippen LogP contribution in [0.3, 0.4) is 0 Å². The van der Waals surface area contributed by atoms with E-state index in [9.17, 15) is 0 Å². The topological polar surface area (TPSA) is 37.7 Å². The van der Waals surface area contributed by atoms with Gasteiger partial charge in [0, 0.05) is 18.0 Å². The third-order valence-corrected chi connectivity index (χ3v) is 6.05. The third kappa shape index (κ3) is 3.20. The van der Waals surface area contributed by atoms with Crippen LogP contribution in [0.25, 0.3) is 0 Å². The van der Waals surface area contributed by atoms with Crippen LogP contribution in [0.4, 0.5) is 0 Å². The molecule has 1 fully saturated rings. The quantitative estimate of drug-likeness (QED) is 0.757. The van der Waals surface area contributed by atoms with Crippen molar-refractivity contribution >= 4 is 16.9 Å². The van der Waals surface area contributed by atoms with Gasteiger partial charge < -0.3 is 9.64 Å². The predicted octanol–water partition coefficient (Wildman–Crippen LogP) is 4.85. The highest BCUT2D eigenvalue weighted by Crippen LogP contribution is 2.48. The number of fused-ring (bicyclic) bond motifs is 1. The molecule has 4 rings (SSSR count). The Kier molecular flexibility index (Phi) is 4.90. The summed E-state index contributed by atoms with van der Waals surface area (Å²) in [5.41, 5.74) is 2.31. The van der Waals surface area contributed by atoms with E-state index in [1.807, 2.05) is 30.1 Å². The highest BCUT2D eigenvalue weighted by atomic mass is 32.2. The van der Waals surface area contributed by atoms with Crippen LogP contribution in [0.2, 0.25) is 0 Å². The Hall–Kier alpha value is -2.01. The molecule has 26 heavy (non-hydrogen) atoms. The van der Waals surface area contributed by atoms with Crippen molar-refractivity contribution < 1.29 is 4.74 Å². The van der Waals surface area contributed by atoms with Crippen LogP contribution in [-0.4, -0.2) is 33.0 Å². The first-order valence-corrected chi connectivity index (χ1v) is 10.3. The molecule has 0 radical (unpaired) electrons. The number of nitrogens with zero attached hydrogens (tertiary/aromatic N) is 3. The number of benzene rings is 1. The van der Waals surface area contributed by atoms with Crippen LogP contribution in [0.1, 0.15) is 50.5 Å². The van der Waals surface area contributed by atoms with Crippen molar-refractivity contribution in [3.63, 3.8) is 0 Å². The van der Waals surface area contributed by atoms with Crippen LogP contribution in [-0.2, 0) is 0 Å². The van der Waals surface area contributed by atoms with Crippen molar-refractivity contribution in [2.45, 2.75) is 51.4 Å². The number of pyridine rings is 1. The van der Waals surface area contributed by atoms with Gasteiger partial charge in [0.15, 0.2) is 5.17 Å². The highest BCUT2D eigenvalue weighted by Gasteiger charge is 2.45. The molecule has 5 heteroatoms. The summed E-state index contributed by atoms with van der Waals surface area (Å²) in [6.07, 6.45) is 3.18. The number of aliphatic imine (C=N–C) groups is 1. The molecule has 3 atom stereocenters. The number of hydrogen-bond donors (Lipinski definition) is 0. The first kappa shape index (κ1) is 17.4. The van der Waals surface area contributed by atoms with Gasteiger partial charge in [0.25, 0.3) is 0 Å². The third-order valence-electron chi connectivity index (χ3n) is 4.92. The van der Waals surface area contributed by atoms with E-state index in [1.54, 1.807) is 0 Å². The van der Waals surface area contributed by atoms with Gasteiger partial charge in [0.05, 0.1) is 17.8 Å². The second-order valence-electron chi connectivity index (χ2n) is 7.07. The maximum Gasteiger partial charge on any atom is 0.160 e. The normalized spacial score (nSPS) is 24.7. The molecule has 0 saturated carbocycles. The van der Waals surface area contributed by atoms with Gasteiger partial charge in [0.1, 0.15) is 11.8 Å². The Morgan fingerprint density at radius 3 is 2.65 bits per heavy atom. The number of hydrogen-bond acceptors (Lipinski definition) is 5. The van der Waals surface area contributed by atoms with Gasteiger partial charge in [-0.1, -0.05) is 36.9 Å². The predicted molar refractivity (Wildman–Crippen MR) is 108 cm³/mol. The maximum absolute atomic E-state index is 5.81. The van der Waals surface area contributed by atoms with Crippen molar-refractivity contribution in [3.05, 3.63) is 59.9 Å². The van der Waals surface area contributed by atoms with Crippen molar-refractivity contribution in [3.8, 4) is 5.75 Å². The average molecular weight is 368 g/mol. The molecule has 0 N–H and O–H groups in total. The van der Waals surface area contributed by atoms with E-state index in [-0.39, 0.29) is 18.2 Å². The van der Waals surface area contributed by atoms with Gasteiger partial charge in [-0.25, -0.2) is 0 Å². The standard InChI is InChI=1S/C21H25N3OS/c1-4-16-13-26-21-23-19(18-7-5-6-12-22-18)20(24(16)21)15-8-10-17(11-9-15)25-14(2)3/h5-12,14,16,19-20H,4,13H2,1-3H3. The number of amidine groups is 1. The van der Waals surface area contributed by atoms with Crippen molar-refractivity contribution in [2.75, 3.05) is 5.75 Å². The van der Waals surface area contributed by atoms with Crippen LogP contribution in [0, 0.1) is 0 Å². The molecule has 3 unspecified atom stereocenters. The molecule has 4 nitrogen and oxygen atoms in total. The zero-order chi connectivity index (χ0) is 18.1. The van der Waals surface area contributed by atoms with Crippen molar-refractivity contribution in [2.24, 2.45) is 4.99 Å². The Labute approximate surface area is 159 Å².